The van der Waals surface area contributed by atoms with E-state index in [2.05, 4.69) is 15.9 Å². The first-order valence-corrected chi connectivity index (χ1v) is 7.72. The molecule has 1 unspecified atom stereocenters. The van der Waals surface area contributed by atoms with Crippen molar-refractivity contribution in [2.45, 2.75) is 25.7 Å². The van der Waals surface area contributed by atoms with Gasteiger partial charge in [0.1, 0.15) is 5.82 Å². The maximum absolute atomic E-state index is 13.4. The molecule has 1 N–H and O–H groups in total. The predicted octanol–water partition coefficient (Wildman–Crippen LogP) is 3.31. The molecule has 1 aliphatic heterocycles. The lowest BCUT2D eigenvalue weighted by Crippen LogP contribution is -2.40. The van der Waals surface area contributed by atoms with E-state index in [1.165, 1.54) is 12.1 Å². The lowest BCUT2D eigenvalue weighted by atomic mass is 9.93. The van der Waals surface area contributed by atoms with E-state index in [1.807, 2.05) is 0 Å². The Kier molecular flexibility index (Phi) is 5.33. The van der Waals surface area contributed by atoms with E-state index >= 15 is 0 Å². The number of hydrogen-bond donors (Lipinski definition) is 1. The van der Waals surface area contributed by atoms with Crippen LogP contribution in [0.3, 0.4) is 0 Å². The number of piperidine rings is 1. The van der Waals surface area contributed by atoms with Gasteiger partial charge in [-0.05, 0) is 43.4 Å². The average Bonchev–Trinajstić information content (AvgIpc) is 2.43. The molecule has 1 atom stereocenters. The van der Waals surface area contributed by atoms with Crippen molar-refractivity contribution in [2.24, 2.45) is 5.92 Å². The molecule has 2 rings (SSSR count). The van der Waals surface area contributed by atoms with Gasteiger partial charge in [-0.3, -0.25) is 9.59 Å². The molecule has 0 saturated carbocycles. The molecule has 1 amide bonds. The van der Waals surface area contributed by atoms with E-state index < -0.39 is 11.8 Å². The number of carboxylic acid groups (broad SMARTS) is 1. The number of hydrogen-bond acceptors (Lipinski definition) is 2. The van der Waals surface area contributed by atoms with Crippen LogP contribution in [0.2, 0.25) is 0 Å². The minimum atomic E-state index is -0.812. The zero-order valence-corrected chi connectivity index (χ0v) is 13.1. The molecular formula is C15H17BrFNO3. The molecular weight excluding hydrogens is 341 g/mol. The fourth-order valence-corrected chi connectivity index (χ4v) is 3.14. The summed E-state index contributed by atoms with van der Waals surface area (Å²) in [5, 5.41) is 8.73. The number of nitrogens with zero attached hydrogens (tertiary/aromatic N) is 1. The van der Waals surface area contributed by atoms with Crippen LogP contribution >= 0.6 is 15.9 Å². The van der Waals surface area contributed by atoms with Gasteiger partial charge in [-0.15, -0.1) is 0 Å². The molecule has 0 spiro atoms. The van der Waals surface area contributed by atoms with Gasteiger partial charge in [0.15, 0.2) is 0 Å². The Balaban J connectivity index is 2.03. The zero-order chi connectivity index (χ0) is 15.4. The highest BCUT2D eigenvalue weighted by Crippen LogP contribution is 2.23. The van der Waals surface area contributed by atoms with E-state index in [1.54, 1.807) is 11.0 Å². The first kappa shape index (κ1) is 15.9. The lowest BCUT2D eigenvalue weighted by Gasteiger charge is -2.32. The predicted molar refractivity (Wildman–Crippen MR) is 79.6 cm³/mol. The van der Waals surface area contributed by atoms with Gasteiger partial charge in [-0.1, -0.05) is 15.9 Å². The number of carboxylic acids is 1. The van der Waals surface area contributed by atoms with Gasteiger partial charge in [0, 0.05) is 29.5 Å². The Bertz CT molecular complexity index is 529. The molecule has 1 heterocycles. The fourth-order valence-electron chi connectivity index (χ4n) is 2.67. The Morgan fingerprint density at radius 2 is 2.14 bits per heavy atom. The van der Waals surface area contributed by atoms with Gasteiger partial charge in [0.25, 0.3) is 5.91 Å². The summed E-state index contributed by atoms with van der Waals surface area (Å²) < 4.78 is 13.9. The largest absolute Gasteiger partial charge is 0.481 e. The number of halogens is 2. The molecule has 4 nitrogen and oxygen atoms in total. The summed E-state index contributed by atoms with van der Waals surface area (Å²) in [6.45, 7) is 1.18. The summed E-state index contributed by atoms with van der Waals surface area (Å²) in [5.41, 5.74) is 0.320. The van der Waals surface area contributed by atoms with Crippen LogP contribution in [-0.4, -0.2) is 35.0 Å². The van der Waals surface area contributed by atoms with Gasteiger partial charge in [0.2, 0.25) is 0 Å². The molecule has 0 radical (unpaired) electrons. The molecule has 1 aromatic carbocycles. The first-order chi connectivity index (χ1) is 9.95. The quantitative estimate of drug-likeness (QED) is 0.899. The summed E-state index contributed by atoms with van der Waals surface area (Å²) in [6, 6.07) is 4.14. The van der Waals surface area contributed by atoms with Crippen molar-refractivity contribution >= 4 is 27.8 Å². The van der Waals surface area contributed by atoms with Crippen molar-refractivity contribution < 1.29 is 19.1 Å². The summed E-state index contributed by atoms with van der Waals surface area (Å²) in [6.07, 6.45) is 2.49. The number of carbonyl (C=O) groups is 2. The SMILES string of the molecule is O=C(O)CCC1CCCN(C(=O)c2cc(F)cc(Br)c2)C1. The molecule has 1 aliphatic rings. The van der Waals surface area contributed by atoms with Gasteiger partial charge >= 0.3 is 5.97 Å². The lowest BCUT2D eigenvalue weighted by molar-refractivity contribution is -0.137. The number of amides is 1. The van der Waals surface area contributed by atoms with Crippen molar-refractivity contribution in [1.29, 1.82) is 0 Å². The van der Waals surface area contributed by atoms with E-state index in [0.29, 0.717) is 29.5 Å². The number of aliphatic carboxylic acids is 1. The van der Waals surface area contributed by atoms with E-state index in [9.17, 15) is 14.0 Å². The van der Waals surface area contributed by atoms with E-state index in [-0.39, 0.29) is 18.2 Å². The molecule has 0 aromatic heterocycles. The zero-order valence-electron chi connectivity index (χ0n) is 11.5. The van der Waals surface area contributed by atoms with Gasteiger partial charge < -0.3 is 10.0 Å². The molecule has 1 fully saturated rings. The van der Waals surface area contributed by atoms with Gasteiger partial charge in [0.05, 0.1) is 0 Å². The highest BCUT2D eigenvalue weighted by atomic mass is 79.9. The van der Waals surface area contributed by atoms with Crippen LogP contribution in [0.25, 0.3) is 0 Å². The van der Waals surface area contributed by atoms with Crippen LogP contribution in [0, 0.1) is 11.7 Å². The Morgan fingerprint density at radius 3 is 2.81 bits per heavy atom. The topological polar surface area (TPSA) is 57.6 Å². The van der Waals surface area contributed by atoms with Crippen LogP contribution in [0.1, 0.15) is 36.0 Å². The minimum Gasteiger partial charge on any atom is -0.481 e. The second kappa shape index (κ2) is 7.02. The fraction of sp³-hybridized carbons (Fsp3) is 0.467. The third-order valence-corrected chi connectivity index (χ3v) is 4.14. The van der Waals surface area contributed by atoms with Crippen LogP contribution in [-0.2, 0) is 4.79 Å². The first-order valence-electron chi connectivity index (χ1n) is 6.93. The maximum atomic E-state index is 13.4. The summed E-state index contributed by atoms with van der Waals surface area (Å²) in [4.78, 5) is 24.7. The maximum Gasteiger partial charge on any atom is 0.303 e. The smallest absolute Gasteiger partial charge is 0.303 e. The molecule has 1 saturated heterocycles. The number of carbonyl (C=O) groups excluding carboxylic acids is 1. The third kappa shape index (κ3) is 4.52. The van der Waals surface area contributed by atoms with Crippen molar-refractivity contribution in [3.63, 3.8) is 0 Å². The van der Waals surface area contributed by atoms with Crippen molar-refractivity contribution in [2.75, 3.05) is 13.1 Å². The normalized spacial score (nSPS) is 18.6. The molecule has 0 aliphatic carbocycles. The molecule has 0 bridgehead atoms. The van der Waals surface area contributed by atoms with Crippen LogP contribution in [0.4, 0.5) is 4.39 Å². The van der Waals surface area contributed by atoms with Gasteiger partial charge in [-0.25, -0.2) is 4.39 Å². The standard InChI is InChI=1S/C15H17BrFNO3/c16-12-6-11(7-13(17)8-12)15(21)18-5-1-2-10(9-18)3-4-14(19)20/h6-8,10H,1-5,9H2,(H,19,20). The highest BCUT2D eigenvalue weighted by Gasteiger charge is 2.25. The number of rotatable bonds is 4. The van der Waals surface area contributed by atoms with Crippen molar-refractivity contribution in [1.82, 2.24) is 4.90 Å². The van der Waals surface area contributed by atoms with Crippen LogP contribution < -0.4 is 0 Å². The average molecular weight is 358 g/mol. The minimum absolute atomic E-state index is 0.123. The third-order valence-electron chi connectivity index (χ3n) is 3.68. The molecule has 6 heteroatoms. The highest BCUT2D eigenvalue weighted by molar-refractivity contribution is 9.10. The Morgan fingerprint density at radius 1 is 1.38 bits per heavy atom. The second-order valence-corrected chi connectivity index (χ2v) is 6.27. The summed E-state index contributed by atoms with van der Waals surface area (Å²) in [5.74, 6) is -1.26. The second-order valence-electron chi connectivity index (χ2n) is 5.35. The summed E-state index contributed by atoms with van der Waals surface area (Å²) >= 11 is 3.18. The monoisotopic (exact) mass is 357 g/mol. The van der Waals surface area contributed by atoms with Crippen LogP contribution in [0.5, 0.6) is 0 Å². The van der Waals surface area contributed by atoms with E-state index in [0.717, 1.165) is 12.8 Å². The van der Waals surface area contributed by atoms with Crippen molar-refractivity contribution in [3.05, 3.63) is 34.1 Å². The molecule has 114 valence electrons. The molecule has 1 aromatic rings. The Hall–Kier alpha value is -1.43. The van der Waals surface area contributed by atoms with Crippen LogP contribution in [0.15, 0.2) is 22.7 Å². The summed E-state index contributed by atoms with van der Waals surface area (Å²) in [7, 11) is 0. The van der Waals surface area contributed by atoms with Crippen molar-refractivity contribution in [3.8, 4) is 0 Å². The number of likely N-dealkylation sites (tertiary alicyclic amines) is 1. The Labute approximate surface area is 131 Å². The molecule has 21 heavy (non-hydrogen) atoms. The van der Waals surface area contributed by atoms with E-state index in [4.69, 9.17) is 5.11 Å². The van der Waals surface area contributed by atoms with Gasteiger partial charge in [-0.2, -0.15) is 0 Å². The number of benzene rings is 1.